The van der Waals surface area contributed by atoms with Crippen LogP contribution < -0.4 is 10.5 Å². The highest BCUT2D eigenvalue weighted by molar-refractivity contribution is 5.37. The van der Waals surface area contributed by atoms with Crippen LogP contribution in [-0.4, -0.2) is 21.4 Å². The molecule has 0 saturated carbocycles. The van der Waals surface area contributed by atoms with Crippen LogP contribution >= 0.6 is 0 Å². The van der Waals surface area contributed by atoms with E-state index in [1.807, 2.05) is 31.2 Å². The van der Waals surface area contributed by atoms with Crippen LogP contribution in [0, 0.1) is 0 Å². The Hall–Kier alpha value is -1.88. The molecule has 2 aromatic rings. The fourth-order valence-electron chi connectivity index (χ4n) is 1.47. The summed E-state index contributed by atoms with van der Waals surface area (Å²) in [6.07, 6.45) is 1.50. The molecule has 0 atom stereocenters. The van der Waals surface area contributed by atoms with E-state index in [1.165, 1.54) is 6.33 Å². The molecule has 5 nitrogen and oxygen atoms in total. The van der Waals surface area contributed by atoms with Crippen molar-refractivity contribution in [2.24, 2.45) is 5.73 Å². The van der Waals surface area contributed by atoms with Crippen molar-refractivity contribution in [2.45, 2.75) is 13.5 Å². The van der Waals surface area contributed by atoms with E-state index in [1.54, 1.807) is 4.68 Å². The van der Waals surface area contributed by atoms with E-state index >= 15 is 0 Å². The van der Waals surface area contributed by atoms with Crippen LogP contribution in [0.3, 0.4) is 0 Å². The fourth-order valence-corrected chi connectivity index (χ4v) is 1.47. The lowest BCUT2D eigenvalue weighted by Gasteiger charge is -2.06. The molecule has 2 rings (SSSR count). The molecule has 16 heavy (non-hydrogen) atoms. The normalized spacial score (nSPS) is 10.4. The van der Waals surface area contributed by atoms with Gasteiger partial charge in [0.15, 0.2) is 0 Å². The summed E-state index contributed by atoms with van der Waals surface area (Å²) in [5.74, 6) is 1.59. The first-order valence-electron chi connectivity index (χ1n) is 5.17. The molecule has 5 heteroatoms. The van der Waals surface area contributed by atoms with Crippen molar-refractivity contribution in [3.63, 3.8) is 0 Å². The molecule has 2 N–H and O–H groups in total. The summed E-state index contributed by atoms with van der Waals surface area (Å²) in [6.45, 7) is 2.99. The van der Waals surface area contributed by atoms with E-state index in [2.05, 4.69) is 10.1 Å². The standard InChI is InChI=1S/C11H14N4O/c1-2-16-10-5-3-9(4-6-10)15-11(7-12)13-8-14-15/h3-6,8H,2,7,12H2,1H3. The first kappa shape index (κ1) is 10.6. The van der Waals surface area contributed by atoms with Gasteiger partial charge >= 0.3 is 0 Å². The van der Waals surface area contributed by atoms with Gasteiger partial charge in [-0.1, -0.05) is 0 Å². The molecular weight excluding hydrogens is 204 g/mol. The minimum Gasteiger partial charge on any atom is -0.494 e. The lowest BCUT2D eigenvalue weighted by atomic mass is 10.3. The van der Waals surface area contributed by atoms with Gasteiger partial charge < -0.3 is 10.5 Å². The van der Waals surface area contributed by atoms with Crippen LogP contribution in [0.5, 0.6) is 5.75 Å². The van der Waals surface area contributed by atoms with Crippen LogP contribution in [0.4, 0.5) is 0 Å². The molecule has 1 aromatic heterocycles. The van der Waals surface area contributed by atoms with Crippen molar-refractivity contribution in [1.29, 1.82) is 0 Å². The first-order chi connectivity index (χ1) is 7.85. The van der Waals surface area contributed by atoms with Crippen LogP contribution in [0.1, 0.15) is 12.7 Å². The second-order valence-electron chi connectivity index (χ2n) is 3.22. The molecule has 84 valence electrons. The van der Waals surface area contributed by atoms with Gasteiger partial charge in [0.05, 0.1) is 18.8 Å². The van der Waals surface area contributed by atoms with E-state index in [9.17, 15) is 0 Å². The topological polar surface area (TPSA) is 66.0 Å². The molecule has 0 aliphatic heterocycles. The second-order valence-corrected chi connectivity index (χ2v) is 3.22. The van der Waals surface area contributed by atoms with Crippen LogP contribution in [0.15, 0.2) is 30.6 Å². The number of ether oxygens (including phenoxy) is 1. The molecule has 0 amide bonds. The summed E-state index contributed by atoms with van der Waals surface area (Å²) in [5.41, 5.74) is 6.49. The number of nitrogens with two attached hydrogens (primary N) is 1. The maximum Gasteiger partial charge on any atom is 0.145 e. The molecule has 0 saturated heterocycles. The molecule has 1 aromatic carbocycles. The Morgan fingerprint density at radius 1 is 1.31 bits per heavy atom. The highest BCUT2D eigenvalue weighted by Gasteiger charge is 2.04. The van der Waals surface area contributed by atoms with Crippen LogP contribution in [0.25, 0.3) is 5.69 Å². The average molecular weight is 218 g/mol. The maximum absolute atomic E-state index is 5.56. The van der Waals surface area contributed by atoms with Gasteiger partial charge in [-0.3, -0.25) is 0 Å². The summed E-state index contributed by atoms with van der Waals surface area (Å²) < 4.78 is 7.08. The predicted molar refractivity (Wildman–Crippen MR) is 60.4 cm³/mol. The number of rotatable bonds is 4. The smallest absolute Gasteiger partial charge is 0.145 e. The molecule has 1 heterocycles. The van der Waals surface area contributed by atoms with Crippen molar-refractivity contribution < 1.29 is 4.74 Å². The molecule has 0 spiro atoms. The third-order valence-electron chi connectivity index (χ3n) is 2.19. The minimum absolute atomic E-state index is 0.368. The van der Waals surface area contributed by atoms with Crippen LogP contribution in [-0.2, 0) is 6.54 Å². The van der Waals surface area contributed by atoms with Crippen molar-refractivity contribution in [3.05, 3.63) is 36.4 Å². The summed E-state index contributed by atoms with van der Waals surface area (Å²) in [7, 11) is 0. The summed E-state index contributed by atoms with van der Waals surface area (Å²) >= 11 is 0. The van der Waals surface area contributed by atoms with E-state index in [0.717, 1.165) is 17.3 Å². The van der Waals surface area contributed by atoms with E-state index in [-0.39, 0.29) is 0 Å². The van der Waals surface area contributed by atoms with Crippen LogP contribution in [0.2, 0.25) is 0 Å². The Labute approximate surface area is 93.9 Å². The Bertz CT molecular complexity index is 449. The fraction of sp³-hybridized carbons (Fsp3) is 0.273. The lowest BCUT2D eigenvalue weighted by molar-refractivity contribution is 0.340. The molecule has 0 bridgehead atoms. The SMILES string of the molecule is CCOc1ccc(-n2ncnc2CN)cc1. The van der Waals surface area contributed by atoms with E-state index < -0.39 is 0 Å². The Kier molecular flexibility index (Phi) is 3.16. The monoisotopic (exact) mass is 218 g/mol. The number of nitrogens with zero attached hydrogens (tertiary/aromatic N) is 3. The van der Waals surface area contributed by atoms with Crippen molar-refractivity contribution in [1.82, 2.24) is 14.8 Å². The van der Waals surface area contributed by atoms with Gasteiger partial charge in [-0.05, 0) is 31.2 Å². The van der Waals surface area contributed by atoms with Gasteiger partial charge in [0.2, 0.25) is 0 Å². The number of aromatic nitrogens is 3. The molecular formula is C11H14N4O. The Morgan fingerprint density at radius 2 is 2.06 bits per heavy atom. The van der Waals surface area contributed by atoms with Gasteiger partial charge in [0, 0.05) is 0 Å². The summed E-state index contributed by atoms with van der Waals surface area (Å²) in [5, 5.41) is 4.12. The number of benzene rings is 1. The zero-order valence-corrected chi connectivity index (χ0v) is 9.13. The summed E-state index contributed by atoms with van der Waals surface area (Å²) in [6, 6.07) is 7.67. The van der Waals surface area contributed by atoms with Gasteiger partial charge in [-0.2, -0.15) is 5.10 Å². The molecule has 0 fully saturated rings. The minimum atomic E-state index is 0.368. The lowest BCUT2D eigenvalue weighted by Crippen LogP contribution is -2.07. The predicted octanol–water partition coefficient (Wildman–Crippen LogP) is 1.12. The van der Waals surface area contributed by atoms with Gasteiger partial charge in [-0.15, -0.1) is 0 Å². The highest BCUT2D eigenvalue weighted by atomic mass is 16.5. The van der Waals surface area contributed by atoms with Gasteiger partial charge in [-0.25, -0.2) is 9.67 Å². The van der Waals surface area contributed by atoms with E-state index in [4.69, 9.17) is 10.5 Å². The Balaban J connectivity index is 2.27. The largest absolute Gasteiger partial charge is 0.494 e. The maximum atomic E-state index is 5.56. The quantitative estimate of drug-likeness (QED) is 0.835. The molecule has 0 aliphatic carbocycles. The summed E-state index contributed by atoms with van der Waals surface area (Å²) in [4.78, 5) is 4.07. The van der Waals surface area contributed by atoms with E-state index in [0.29, 0.717) is 13.2 Å². The van der Waals surface area contributed by atoms with Gasteiger partial charge in [0.1, 0.15) is 17.9 Å². The Morgan fingerprint density at radius 3 is 2.69 bits per heavy atom. The van der Waals surface area contributed by atoms with Crippen molar-refractivity contribution >= 4 is 0 Å². The number of hydrogen-bond acceptors (Lipinski definition) is 4. The molecule has 0 aliphatic rings. The number of hydrogen-bond donors (Lipinski definition) is 1. The zero-order valence-electron chi connectivity index (χ0n) is 9.13. The van der Waals surface area contributed by atoms with Crippen molar-refractivity contribution in [3.8, 4) is 11.4 Å². The second kappa shape index (κ2) is 4.76. The third-order valence-corrected chi connectivity index (χ3v) is 2.19. The van der Waals surface area contributed by atoms with Gasteiger partial charge in [0.25, 0.3) is 0 Å². The first-order valence-corrected chi connectivity index (χ1v) is 5.17. The van der Waals surface area contributed by atoms with Crippen molar-refractivity contribution in [2.75, 3.05) is 6.61 Å². The molecule has 0 radical (unpaired) electrons. The average Bonchev–Trinajstić information content (AvgIpc) is 2.78. The highest BCUT2D eigenvalue weighted by Crippen LogP contribution is 2.15. The zero-order chi connectivity index (χ0) is 11.4. The third kappa shape index (κ3) is 2.04. The molecule has 0 unspecified atom stereocenters.